The van der Waals surface area contributed by atoms with Gasteiger partial charge < -0.3 is 9.16 Å². The Morgan fingerprint density at radius 3 is 2.24 bits per heavy atom. The van der Waals surface area contributed by atoms with E-state index in [0.717, 1.165) is 10.4 Å². The SMILES string of the molecule is CC(C)(C)OC(=O)N1CCC(C)(CO[Si](c2ccccc2)c2cccc(C(C)(C)C)c2)C1=O. The predicted molar refractivity (Wildman–Crippen MR) is 133 cm³/mol. The molecule has 1 heterocycles. The van der Waals surface area contributed by atoms with Crippen LogP contribution in [0.15, 0.2) is 54.6 Å². The van der Waals surface area contributed by atoms with Crippen molar-refractivity contribution >= 4 is 31.4 Å². The van der Waals surface area contributed by atoms with Gasteiger partial charge in [-0.2, -0.15) is 0 Å². The molecule has 3 rings (SSSR count). The number of nitrogens with zero attached hydrogens (tertiary/aromatic N) is 1. The first-order valence-corrected chi connectivity index (χ1v) is 12.9. The fraction of sp³-hybridized carbons (Fsp3) is 0.481. The molecule has 0 aliphatic carbocycles. The number of benzene rings is 2. The Bertz CT molecular complexity index is 993. The molecule has 0 spiro atoms. The van der Waals surface area contributed by atoms with E-state index in [-0.39, 0.29) is 17.9 Å². The molecule has 1 saturated heterocycles. The lowest BCUT2D eigenvalue weighted by Crippen LogP contribution is -2.48. The van der Waals surface area contributed by atoms with Gasteiger partial charge in [0.1, 0.15) is 5.60 Å². The molecular formula is C27H36NO4Si. The van der Waals surface area contributed by atoms with E-state index in [4.69, 9.17) is 9.16 Å². The molecule has 2 aromatic carbocycles. The normalized spacial score (nSPS) is 19.3. The summed E-state index contributed by atoms with van der Waals surface area (Å²) in [4.78, 5) is 26.9. The smallest absolute Gasteiger partial charge is 0.417 e. The van der Waals surface area contributed by atoms with Crippen LogP contribution in [-0.2, 0) is 19.4 Å². The second kappa shape index (κ2) is 9.43. The minimum absolute atomic E-state index is 0.0288. The lowest BCUT2D eigenvalue weighted by atomic mass is 9.87. The third-order valence-electron chi connectivity index (χ3n) is 5.82. The molecule has 6 heteroatoms. The highest BCUT2D eigenvalue weighted by molar-refractivity contribution is 6.80. The fourth-order valence-corrected chi connectivity index (χ4v) is 5.96. The van der Waals surface area contributed by atoms with Crippen molar-refractivity contribution in [1.29, 1.82) is 0 Å². The summed E-state index contributed by atoms with van der Waals surface area (Å²) in [6.07, 6.45) is -0.0282. The van der Waals surface area contributed by atoms with Crippen LogP contribution in [0.1, 0.15) is 60.5 Å². The van der Waals surface area contributed by atoms with E-state index >= 15 is 0 Å². The molecule has 0 N–H and O–H groups in total. The molecule has 0 saturated carbocycles. The van der Waals surface area contributed by atoms with E-state index in [1.807, 2.05) is 25.1 Å². The van der Waals surface area contributed by atoms with Gasteiger partial charge in [-0.1, -0.05) is 75.4 Å². The summed E-state index contributed by atoms with van der Waals surface area (Å²) in [5.74, 6) is -0.227. The first kappa shape index (κ1) is 25.2. The van der Waals surface area contributed by atoms with Gasteiger partial charge in [0.25, 0.3) is 9.04 Å². The molecule has 33 heavy (non-hydrogen) atoms. The molecule has 1 radical (unpaired) electrons. The second-order valence-electron chi connectivity index (χ2n) is 11.1. The molecule has 177 valence electrons. The molecule has 5 nitrogen and oxygen atoms in total. The van der Waals surface area contributed by atoms with E-state index < -0.39 is 26.1 Å². The number of ether oxygens (including phenoxy) is 1. The molecule has 1 unspecified atom stereocenters. The quantitative estimate of drug-likeness (QED) is 0.617. The maximum absolute atomic E-state index is 13.2. The van der Waals surface area contributed by atoms with Gasteiger partial charge in [0, 0.05) is 13.2 Å². The Labute approximate surface area is 199 Å². The molecule has 0 aromatic heterocycles. The van der Waals surface area contributed by atoms with Crippen molar-refractivity contribution in [3.05, 3.63) is 60.2 Å². The van der Waals surface area contributed by atoms with Gasteiger partial charge in [-0.05, 0) is 55.5 Å². The Kier molecular flexibility index (Phi) is 7.20. The number of amides is 2. The van der Waals surface area contributed by atoms with Crippen LogP contribution < -0.4 is 10.4 Å². The average Bonchev–Trinajstić information content (AvgIpc) is 3.02. The topological polar surface area (TPSA) is 55.8 Å². The van der Waals surface area contributed by atoms with Crippen LogP contribution in [0.5, 0.6) is 0 Å². The monoisotopic (exact) mass is 466 g/mol. The fourth-order valence-electron chi connectivity index (χ4n) is 3.80. The first-order chi connectivity index (χ1) is 15.3. The lowest BCUT2D eigenvalue weighted by molar-refractivity contribution is -0.135. The Morgan fingerprint density at radius 1 is 1.00 bits per heavy atom. The highest BCUT2D eigenvalue weighted by Crippen LogP contribution is 2.33. The predicted octanol–water partition coefficient (Wildman–Crippen LogP) is 4.28. The molecule has 1 aliphatic rings. The van der Waals surface area contributed by atoms with Crippen molar-refractivity contribution in [1.82, 2.24) is 4.90 Å². The van der Waals surface area contributed by atoms with Gasteiger partial charge in [-0.15, -0.1) is 0 Å². The summed E-state index contributed by atoms with van der Waals surface area (Å²) < 4.78 is 12.0. The van der Waals surface area contributed by atoms with E-state index in [1.165, 1.54) is 10.5 Å². The third kappa shape index (κ3) is 6.12. The van der Waals surface area contributed by atoms with Crippen molar-refractivity contribution in [2.45, 2.75) is 65.9 Å². The van der Waals surface area contributed by atoms with Crippen LogP contribution >= 0.6 is 0 Å². The Morgan fingerprint density at radius 2 is 1.64 bits per heavy atom. The largest absolute Gasteiger partial charge is 0.443 e. The summed E-state index contributed by atoms with van der Waals surface area (Å²) in [6.45, 7) is 14.5. The van der Waals surface area contributed by atoms with Crippen molar-refractivity contribution in [2.24, 2.45) is 5.41 Å². The number of rotatable bonds is 5. The first-order valence-electron chi connectivity index (χ1n) is 11.5. The van der Waals surface area contributed by atoms with E-state index in [0.29, 0.717) is 13.0 Å². The number of hydrogen-bond acceptors (Lipinski definition) is 4. The number of likely N-dealkylation sites (tertiary alicyclic amines) is 1. The molecule has 1 aliphatic heterocycles. The van der Waals surface area contributed by atoms with E-state index in [1.54, 1.807) is 20.8 Å². The van der Waals surface area contributed by atoms with Crippen LogP contribution in [0, 0.1) is 5.41 Å². The summed E-state index contributed by atoms with van der Waals surface area (Å²) in [6, 6.07) is 18.8. The number of imide groups is 1. The zero-order valence-corrected chi connectivity index (χ0v) is 21.9. The lowest BCUT2D eigenvalue weighted by Gasteiger charge is -2.27. The van der Waals surface area contributed by atoms with E-state index in [9.17, 15) is 9.59 Å². The molecule has 0 bridgehead atoms. The van der Waals surface area contributed by atoms with Crippen molar-refractivity contribution in [2.75, 3.05) is 13.2 Å². The third-order valence-corrected chi connectivity index (χ3v) is 7.95. The summed E-state index contributed by atoms with van der Waals surface area (Å²) in [5.41, 5.74) is -0.125. The zero-order chi connectivity index (χ0) is 24.4. The van der Waals surface area contributed by atoms with Crippen molar-refractivity contribution in [3.8, 4) is 0 Å². The standard InChI is InChI=1S/C27H36NO4Si/c1-25(2,3)20-12-11-15-22(18-20)33(21-13-9-8-10-14-21)31-19-27(7)16-17-28(23(27)29)24(30)32-26(4,5)6/h8-15,18H,16-17,19H2,1-7H3. The number of carbonyl (C=O) groups excluding carboxylic acids is 2. The van der Waals surface area contributed by atoms with Crippen LogP contribution in [0.25, 0.3) is 0 Å². The van der Waals surface area contributed by atoms with Gasteiger partial charge >= 0.3 is 6.09 Å². The average molecular weight is 467 g/mol. The van der Waals surface area contributed by atoms with Gasteiger partial charge in [0.15, 0.2) is 0 Å². The molecule has 2 amide bonds. The minimum Gasteiger partial charge on any atom is -0.443 e. The second-order valence-corrected chi connectivity index (χ2v) is 13.2. The van der Waals surface area contributed by atoms with Crippen molar-refractivity contribution in [3.63, 3.8) is 0 Å². The summed E-state index contributed by atoms with van der Waals surface area (Å²) in [5, 5.41) is 2.28. The van der Waals surface area contributed by atoms with Crippen LogP contribution in [-0.4, -0.2) is 44.7 Å². The Balaban J connectivity index is 1.82. The van der Waals surface area contributed by atoms with Crippen LogP contribution in [0.3, 0.4) is 0 Å². The van der Waals surface area contributed by atoms with Crippen molar-refractivity contribution < 1.29 is 18.8 Å². The number of hydrogen-bond donors (Lipinski definition) is 0. The molecule has 2 aromatic rings. The summed E-state index contributed by atoms with van der Waals surface area (Å²) in [7, 11) is -1.58. The van der Waals surface area contributed by atoms with E-state index in [2.05, 4.69) is 57.2 Å². The van der Waals surface area contributed by atoms with Gasteiger partial charge in [0.2, 0.25) is 5.91 Å². The highest BCUT2D eigenvalue weighted by Gasteiger charge is 2.47. The zero-order valence-electron chi connectivity index (χ0n) is 20.9. The van der Waals surface area contributed by atoms with Gasteiger partial charge in [0.05, 0.1) is 5.41 Å². The maximum Gasteiger partial charge on any atom is 0.417 e. The van der Waals surface area contributed by atoms with Crippen LogP contribution in [0.2, 0.25) is 0 Å². The highest BCUT2D eigenvalue weighted by atomic mass is 28.3. The maximum atomic E-state index is 13.2. The van der Waals surface area contributed by atoms with Gasteiger partial charge in [-0.3, -0.25) is 4.79 Å². The van der Waals surface area contributed by atoms with Gasteiger partial charge in [-0.25, -0.2) is 9.69 Å². The van der Waals surface area contributed by atoms with Crippen LogP contribution in [0.4, 0.5) is 4.79 Å². The molecular weight excluding hydrogens is 430 g/mol. The molecule has 1 fully saturated rings. The summed E-state index contributed by atoms with van der Waals surface area (Å²) >= 11 is 0. The number of carbonyl (C=O) groups is 2. The molecule has 1 atom stereocenters. The Hall–Kier alpha value is -2.44. The minimum atomic E-state index is -1.58.